The smallest absolute Gasteiger partial charge is 0.219 e. The van der Waals surface area contributed by atoms with Crippen molar-refractivity contribution in [1.29, 1.82) is 5.41 Å². The lowest BCUT2D eigenvalue weighted by atomic mass is 10.2. The van der Waals surface area contributed by atoms with Crippen molar-refractivity contribution in [3.05, 3.63) is 52.1 Å². The van der Waals surface area contributed by atoms with Crippen molar-refractivity contribution in [3.63, 3.8) is 0 Å². The van der Waals surface area contributed by atoms with Crippen LogP contribution in [0.15, 0.2) is 36.5 Å². The Labute approximate surface area is 114 Å². The quantitative estimate of drug-likeness (QED) is 0.668. The molecule has 0 aliphatic carbocycles. The molecule has 6 heteroatoms. The molecule has 0 spiro atoms. The Bertz CT molecular complexity index is 602. The van der Waals surface area contributed by atoms with Gasteiger partial charge in [-0.05, 0) is 18.2 Å². The number of nitrogens with one attached hydrogen (secondary N) is 1. The van der Waals surface area contributed by atoms with E-state index in [1.54, 1.807) is 30.3 Å². The van der Waals surface area contributed by atoms with Crippen LogP contribution >= 0.6 is 23.2 Å². The number of nitrogens with zero attached hydrogens (tertiary/aromatic N) is 1. The number of ether oxygens (including phenoxy) is 1. The minimum Gasteiger partial charge on any atom is -0.437 e. The second kappa shape index (κ2) is 5.25. The van der Waals surface area contributed by atoms with Crippen LogP contribution in [0.5, 0.6) is 11.6 Å². The van der Waals surface area contributed by atoms with Crippen LogP contribution < -0.4 is 10.5 Å². The van der Waals surface area contributed by atoms with Crippen molar-refractivity contribution in [2.75, 3.05) is 0 Å². The lowest BCUT2D eigenvalue weighted by molar-refractivity contribution is 0.463. The van der Waals surface area contributed by atoms with Gasteiger partial charge in [0.1, 0.15) is 11.6 Å². The van der Waals surface area contributed by atoms with Crippen LogP contribution in [0, 0.1) is 5.41 Å². The number of benzene rings is 1. The molecule has 3 N–H and O–H groups in total. The molecule has 1 aromatic heterocycles. The predicted octanol–water partition coefficient (Wildman–Crippen LogP) is 3.46. The highest BCUT2D eigenvalue weighted by molar-refractivity contribution is 6.34. The summed E-state index contributed by atoms with van der Waals surface area (Å²) in [6.45, 7) is 0. The zero-order chi connectivity index (χ0) is 13.1. The van der Waals surface area contributed by atoms with E-state index in [-0.39, 0.29) is 5.84 Å². The van der Waals surface area contributed by atoms with E-state index in [0.29, 0.717) is 27.2 Å². The van der Waals surface area contributed by atoms with Crippen molar-refractivity contribution in [3.8, 4) is 11.6 Å². The van der Waals surface area contributed by atoms with E-state index in [4.69, 9.17) is 39.1 Å². The summed E-state index contributed by atoms with van der Waals surface area (Å²) in [5.74, 6) is 0.642. The first-order valence-corrected chi connectivity index (χ1v) is 5.75. The average molecular weight is 282 g/mol. The van der Waals surface area contributed by atoms with Gasteiger partial charge in [-0.2, -0.15) is 0 Å². The molecule has 4 nitrogen and oxygen atoms in total. The van der Waals surface area contributed by atoms with E-state index in [1.807, 2.05) is 0 Å². The monoisotopic (exact) mass is 281 g/mol. The van der Waals surface area contributed by atoms with Crippen molar-refractivity contribution in [2.45, 2.75) is 0 Å². The van der Waals surface area contributed by atoms with Gasteiger partial charge in [0, 0.05) is 28.9 Å². The van der Waals surface area contributed by atoms with E-state index in [2.05, 4.69) is 4.98 Å². The third kappa shape index (κ3) is 2.91. The van der Waals surface area contributed by atoms with Gasteiger partial charge in [-0.25, -0.2) is 4.98 Å². The highest BCUT2D eigenvalue weighted by Crippen LogP contribution is 2.31. The van der Waals surface area contributed by atoms with Crippen molar-refractivity contribution in [2.24, 2.45) is 5.73 Å². The number of nitrogen functional groups attached to an aromatic ring is 1. The van der Waals surface area contributed by atoms with Crippen molar-refractivity contribution < 1.29 is 4.74 Å². The fraction of sp³-hybridized carbons (Fsp3) is 0. The predicted molar refractivity (Wildman–Crippen MR) is 71.8 cm³/mol. The molecule has 0 radical (unpaired) electrons. The summed E-state index contributed by atoms with van der Waals surface area (Å²) in [6.07, 6.45) is 1.50. The number of halogens is 2. The van der Waals surface area contributed by atoms with E-state index in [1.165, 1.54) is 6.20 Å². The first kappa shape index (κ1) is 12.7. The zero-order valence-electron chi connectivity index (χ0n) is 9.15. The van der Waals surface area contributed by atoms with Gasteiger partial charge >= 0.3 is 0 Å². The van der Waals surface area contributed by atoms with E-state index < -0.39 is 0 Å². The summed E-state index contributed by atoms with van der Waals surface area (Å²) in [6, 6.07) is 8.06. The summed E-state index contributed by atoms with van der Waals surface area (Å²) in [4.78, 5) is 4.01. The van der Waals surface area contributed by atoms with E-state index in [9.17, 15) is 0 Å². The highest BCUT2D eigenvalue weighted by atomic mass is 35.5. The lowest BCUT2D eigenvalue weighted by Crippen LogP contribution is -2.11. The Morgan fingerprint density at radius 2 is 2.00 bits per heavy atom. The summed E-state index contributed by atoms with van der Waals surface area (Å²) in [7, 11) is 0. The molecular weight excluding hydrogens is 273 g/mol. The lowest BCUT2D eigenvalue weighted by Gasteiger charge is -2.07. The third-order valence-corrected chi connectivity index (χ3v) is 2.70. The molecule has 2 aromatic rings. The molecule has 0 bridgehead atoms. The maximum absolute atomic E-state index is 7.34. The number of hydrogen-bond donors (Lipinski definition) is 2. The van der Waals surface area contributed by atoms with Crippen LogP contribution in [-0.4, -0.2) is 10.8 Å². The number of hydrogen-bond acceptors (Lipinski definition) is 3. The summed E-state index contributed by atoms with van der Waals surface area (Å²) in [5.41, 5.74) is 5.91. The largest absolute Gasteiger partial charge is 0.437 e. The fourth-order valence-electron chi connectivity index (χ4n) is 1.30. The van der Waals surface area contributed by atoms with E-state index in [0.717, 1.165) is 0 Å². The first-order valence-electron chi connectivity index (χ1n) is 4.99. The topological polar surface area (TPSA) is 72.0 Å². The van der Waals surface area contributed by atoms with Gasteiger partial charge in [0.05, 0.1) is 5.02 Å². The van der Waals surface area contributed by atoms with Crippen LogP contribution in [0.2, 0.25) is 10.0 Å². The molecule has 0 saturated carbocycles. The van der Waals surface area contributed by atoms with Gasteiger partial charge in [0.25, 0.3) is 0 Å². The normalized spacial score (nSPS) is 10.1. The highest BCUT2D eigenvalue weighted by Gasteiger charge is 2.06. The van der Waals surface area contributed by atoms with Crippen molar-refractivity contribution >= 4 is 29.0 Å². The minimum absolute atomic E-state index is 0.0561. The molecule has 0 unspecified atom stereocenters. The first-order chi connectivity index (χ1) is 8.56. The standard InChI is InChI=1S/C12H9Cl2N3O/c13-8-1-2-9(14)10(6-8)18-11-5-7(12(15)16)3-4-17-11/h1-6H,(H3,15,16). The van der Waals surface area contributed by atoms with Gasteiger partial charge in [0.2, 0.25) is 5.88 Å². The maximum Gasteiger partial charge on any atom is 0.219 e. The SMILES string of the molecule is N=C(N)c1ccnc(Oc2cc(Cl)ccc2Cl)c1. The average Bonchev–Trinajstić information content (AvgIpc) is 2.34. The molecule has 0 saturated heterocycles. The zero-order valence-corrected chi connectivity index (χ0v) is 10.7. The third-order valence-electron chi connectivity index (χ3n) is 2.15. The van der Waals surface area contributed by atoms with Gasteiger partial charge in [0.15, 0.2) is 0 Å². The molecule has 0 aliphatic rings. The molecule has 0 atom stereocenters. The summed E-state index contributed by atoms with van der Waals surface area (Å²) >= 11 is 11.8. The molecule has 0 amide bonds. The number of amidine groups is 1. The number of pyridine rings is 1. The molecule has 0 aliphatic heterocycles. The molecule has 0 fully saturated rings. The van der Waals surface area contributed by atoms with Gasteiger partial charge in [-0.1, -0.05) is 23.2 Å². The number of nitrogens with two attached hydrogens (primary N) is 1. The van der Waals surface area contributed by atoms with Crippen LogP contribution in [0.3, 0.4) is 0 Å². The number of rotatable bonds is 3. The van der Waals surface area contributed by atoms with Crippen LogP contribution in [0.25, 0.3) is 0 Å². The molecular formula is C12H9Cl2N3O. The molecule has 18 heavy (non-hydrogen) atoms. The molecule has 92 valence electrons. The van der Waals surface area contributed by atoms with Crippen molar-refractivity contribution in [1.82, 2.24) is 4.98 Å². The van der Waals surface area contributed by atoms with E-state index >= 15 is 0 Å². The van der Waals surface area contributed by atoms with Gasteiger partial charge < -0.3 is 10.5 Å². The Morgan fingerprint density at radius 3 is 2.72 bits per heavy atom. The van der Waals surface area contributed by atoms with Crippen LogP contribution in [0.1, 0.15) is 5.56 Å². The Morgan fingerprint density at radius 1 is 1.22 bits per heavy atom. The minimum atomic E-state index is -0.0561. The van der Waals surface area contributed by atoms with Gasteiger partial charge in [-0.15, -0.1) is 0 Å². The maximum atomic E-state index is 7.34. The second-order valence-corrected chi connectivity index (χ2v) is 4.32. The van der Waals surface area contributed by atoms with Gasteiger partial charge in [-0.3, -0.25) is 5.41 Å². The molecule has 1 aromatic carbocycles. The van der Waals surface area contributed by atoms with Crippen LogP contribution in [0.4, 0.5) is 0 Å². The second-order valence-electron chi connectivity index (χ2n) is 3.47. The Balaban J connectivity index is 2.31. The summed E-state index contributed by atoms with van der Waals surface area (Å²) in [5, 5.41) is 8.27. The Hall–Kier alpha value is -1.78. The molecule has 2 rings (SSSR count). The summed E-state index contributed by atoms with van der Waals surface area (Å²) < 4.78 is 5.50. The number of aromatic nitrogens is 1. The van der Waals surface area contributed by atoms with Crippen LogP contribution in [-0.2, 0) is 0 Å². The molecule has 1 heterocycles. The Kier molecular flexibility index (Phi) is 3.69. The fourth-order valence-corrected chi connectivity index (χ4v) is 1.62.